The molecule has 0 radical (unpaired) electrons. The lowest BCUT2D eigenvalue weighted by Crippen LogP contribution is -2.06. The summed E-state index contributed by atoms with van der Waals surface area (Å²) in [7, 11) is 0. The van der Waals surface area contributed by atoms with Crippen molar-refractivity contribution >= 4 is 28.8 Å². The Morgan fingerprint density at radius 3 is 2.43 bits per heavy atom. The summed E-state index contributed by atoms with van der Waals surface area (Å²) in [6, 6.07) is 7.92. The van der Waals surface area contributed by atoms with Crippen molar-refractivity contribution in [2.45, 2.75) is 20.8 Å². The van der Waals surface area contributed by atoms with Crippen molar-refractivity contribution in [1.82, 2.24) is 15.1 Å². The van der Waals surface area contributed by atoms with Crippen LogP contribution in [0.2, 0.25) is 0 Å². The third-order valence-corrected chi connectivity index (χ3v) is 3.40. The molecule has 3 aromatic rings. The van der Waals surface area contributed by atoms with Crippen LogP contribution in [0.1, 0.15) is 16.9 Å². The van der Waals surface area contributed by atoms with Gasteiger partial charge in [-0.15, -0.1) is 0 Å². The molecule has 0 fully saturated rings. The first-order chi connectivity index (χ1) is 11.0. The first-order valence-electron chi connectivity index (χ1n) is 7.18. The molecule has 1 aromatic carbocycles. The minimum atomic E-state index is 0.411. The number of nitrogen functional groups attached to an aromatic ring is 1. The fraction of sp³-hybridized carbons (Fsp3) is 0.188. The quantitative estimate of drug-likeness (QED) is 0.678. The molecule has 0 aliphatic rings. The molecule has 0 atom stereocenters. The van der Waals surface area contributed by atoms with Crippen molar-refractivity contribution in [3.8, 4) is 0 Å². The van der Waals surface area contributed by atoms with E-state index in [4.69, 9.17) is 10.3 Å². The predicted octanol–water partition coefficient (Wildman–Crippen LogP) is 3.46. The Morgan fingerprint density at radius 1 is 1.00 bits per heavy atom. The highest BCUT2D eigenvalue weighted by Gasteiger charge is 2.11. The number of hydrogen-bond donors (Lipinski definition) is 3. The normalized spacial score (nSPS) is 10.6. The number of aromatic nitrogens is 3. The van der Waals surface area contributed by atoms with Gasteiger partial charge in [-0.3, -0.25) is 0 Å². The van der Waals surface area contributed by atoms with Crippen LogP contribution in [0.4, 0.5) is 28.8 Å². The number of nitrogens with zero attached hydrogens (tertiary/aromatic N) is 3. The summed E-state index contributed by atoms with van der Waals surface area (Å²) in [5, 5.41) is 10.1. The van der Waals surface area contributed by atoms with Crippen LogP contribution in [0, 0.1) is 20.8 Å². The lowest BCUT2D eigenvalue weighted by Gasteiger charge is -2.13. The van der Waals surface area contributed by atoms with Crippen LogP contribution < -0.4 is 16.4 Å². The van der Waals surface area contributed by atoms with E-state index in [-0.39, 0.29) is 0 Å². The van der Waals surface area contributed by atoms with Crippen LogP contribution in [0.15, 0.2) is 35.1 Å². The SMILES string of the molecule is Cc1ccc(C)c(Nc2ncnc(Nc3cc(C)on3)c2N)c1. The molecule has 7 heteroatoms. The largest absolute Gasteiger partial charge is 0.393 e. The predicted molar refractivity (Wildman–Crippen MR) is 90.2 cm³/mol. The van der Waals surface area contributed by atoms with Crippen LogP contribution in [0.3, 0.4) is 0 Å². The van der Waals surface area contributed by atoms with Crippen LogP contribution in [-0.4, -0.2) is 15.1 Å². The van der Waals surface area contributed by atoms with E-state index in [1.54, 1.807) is 6.07 Å². The average Bonchev–Trinajstić information content (AvgIpc) is 2.92. The molecule has 2 aromatic heterocycles. The van der Waals surface area contributed by atoms with Gasteiger partial charge < -0.3 is 20.9 Å². The fourth-order valence-corrected chi connectivity index (χ4v) is 2.14. The topological polar surface area (TPSA) is 102 Å². The molecule has 0 spiro atoms. The van der Waals surface area contributed by atoms with Crippen molar-refractivity contribution in [3.63, 3.8) is 0 Å². The number of nitrogens with one attached hydrogen (secondary N) is 2. The van der Waals surface area contributed by atoms with Crippen LogP contribution >= 0.6 is 0 Å². The molecule has 2 heterocycles. The van der Waals surface area contributed by atoms with Gasteiger partial charge in [0.25, 0.3) is 0 Å². The van der Waals surface area contributed by atoms with E-state index in [1.807, 2.05) is 32.9 Å². The second-order valence-corrected chi connectivity index (χ2v) is 5.38. The zero-order chi connectivity index (χ0) is 16.4. The number of rotatable bonds is 4. The van der Waals surface area contributed by atoms with E-state index in [9.17, 15) is 0 Å². The number of hydrogen-bond acceptors (Lipinski definition) is 7. The molecule has 0 saturated heterocycles. The minimum Gasteiger partial charge on any atom is -0.393 e. The molecular formula is C16H18N6O. The zero-order valence-corrected chi connectivity index (χ0v) is 13.2. The van der Waals surface area contributed by atoms with Crippen molar-refractivity contribution < 1.29 is 4.52 Å². The van der Waals surface area contributed by atoms with Crippen molar-refractivity contribution in [3.05, 3.63) is 47.5 Å². The summed E-state index contributed by atoms with van der Waals surface area (Å²) in [5.41, 5.74) is 9.80. The highest BCUT2D eigenvalue weighted by atomic mass is 16.5. The second-order valence-electron chi connectivity index (χ2n) is 5.38. The lowest BCUT2D eigenvalue weighted by atomic mass is 10.1. The Hall–Kier alpha value is -3.09. The summed E-state index contributed by atoms with van der Waals surface area (Å²) >= 11 is 0. The fourth-order valence-electron chi connectivity index (χ4n) is 2.14. The van der Waals surface area contributed by atoms with Crippen LogP contribution in [0.5, 0.6) is 0 Å². The molecule has 0 aliphatic carbocycles. The van der Waals surface area contributed by atoms with Gasteiger partial charge in [0, 0.05) is 11.8 Å². The van der Waals surface area contributed by atoms with E-state index in [2.05, 4.69) is 31.8 Å². The number of nitrogens with two attached hydrogens (primary N) is 1. The monoisotopic (exact) mass is 310 g/mol. The minimum absolute atomic E-state index is 0.411. The summed E-state index contributed by atoms with van der Waals surface area (Å²) in [6.45, 7) is 5.87. The summed E-state index contributed by atoms with van der Waals surface area (Å²) in [4.78, 5) is 8.38. The molecule has 7 nitrogen and oxygen atoms in total. The van der Waals surface area contributed by atoms with Gasteiger partial charge in [-0.2, -0.15) is 0 Å². The lowest BCUT2D eigenvalue weighted by molar-refractivity contribution is 0.400. The Bertz CT molecular complexity index is 842. The first kappa shape index (κ1) is 14.8. The van der Waals surface area contributed by atoms with Crippen LogP contribution in [-0.2, 0) is 0 Å². The van der Waals surface area contributed by atoms with E-state index in [0.29, 0.717) is 28.9 Å². The Labute approximate surface area is 133 Å². The highest BCUT2D eigenvalue weighted by molar-refractivity contribution is 5.80. The summed E-state index contributed by atoms with van der Waals surface area (Å²) in [6.07, 6.45) is 1.44. The standard InChI is InChI=1S/C16H18N6O/c1-9-4-5-10(2)12(6-9)20-15-14(17)16(19-8-18-15)21-13-7-11(3)23-22-13/h4-8H,17H2,1-3H3,(H2,18,19,20,21,22). The average molecular weight is 310 g/mol. The molecule has 118 valence electrons. The van der Waals surface area contributed by atoms with Crippen LogP contribution in [0.25, 0.3) is 0 Å². The van der Waals surface area contributed by atoms with Gasteiger partial charge in [-0.25, -0.2) is 9.97 Å². The maximum atomic E-state index is 6.17. The van der Waals surface area contributed by atoms with E-state index >= 15 is 0 Å². The molecule has 0 aliphatic heterocycles. The second kappa shape index (κ2) is 5.96. The molecule has 3 rings (SSSR count). The Kier molecular flexibility index (Phi) is 3.84. The van der Waals surface area contributed by atoms with Crippen molar-refractivity contribution in [2.75, 3.05) is 16.4 Å². The van der Waals surface area contributed by atoms with E-state index in [0.717, 1.165) is 16.8 Å². The third kappa shape index (κ3) is 3.23. The molecule has 0 amide bonds. The first-order valence-corrected chi connectivity index (χ1v) is 7.18. The van der Waals surface area contributed by atoms with Gasteiger partial charge in [0.1, 0.15) is 17.8 Å². The summed E-state index contributed by atoms with van der Waals surface area (Å²) in [5.74, 6) is 2.26. The highest BCUT2D eigenvalue weighted by Crippen LogP contribution is 2.29. The molecule has 0 bridgehead atoms. The third-order valence-electron chi connectivity index (χ3n) is 3.40. The smallest absolute Gasteiger partial charge is 0.175 e. The van der Waals surface area contributed by atoms with Crippen molar-refractivity contribution in [2.24, 2.45) is 0 Å². The molecule has 23 heavy (non-hydrogen) atoms. The Morgan fingerprint density at radius 2 is 1.74 bits per heavy atom. The van der Waals surface area contributed by atoms with Gasteiger partial charge in [0.2, 0.25) is 0 Å². The van der Waals surface area contributed by atoms with Gasteiger partial charge >= 0.3 is 0 Å². The van der Waals surface area contributed by atoms with Gasteiger partial charge in [-0.1, -0.05) is 17.3 Å². The number of aryl methyl sites for hydroxylation is 3. The number of anilines is 5. The maximum Gasteiger partial charge on any atom is 0.175 e. The zero-order valence-electron chi connectivity index (χ0n) is 13.2. The molecular weight excluding hydrogens is 292 g/mol. The Balaban J connectivity index is 1.88. The molecule has 0 saturated carbocycles. The van der Waals surface area contributed by atoms with Crippen molar-refractivity contribution in [1.29, 1.82) is 0 Å². The van der Waals surface area contributed by atoms with Gasteiger partial charge in [0.05, 0.1) is 0 Å². The molecule has 4 N–H and O–H groups in total. The number of benzene rings is 1. The van der Waals surface area contributed by atoms with E-state index in [1.165, 1.54) is 6.33 Å². The summed E-state index contributed by atoms with van der Waals surface area (Å²) < 4.78 is 5.02. The maximum absolute atomic E-state index is 6.17. The molecule has 0 unspecified atom stereocenters. The van der Waals surface area contributed by atoms with E-state index < -0.39 is 0 Å². The van der Waals surface area contributed by atoms with Gasteiger partial charge in [0.15, 0.2) is 17.5 Å². The van der Waals surface area contributed by atoms with Gasteiger partial charge in [-0.05, 0) is 38.0 Å².